The first kappa shape index (κ1) is 12.0. The smallest absolute Gasteiger partial charge is 0.233 e. The number of para-hydroxylation sites is 1. The Morgan fingerprint density at radius 2 is 1.93 bits per heavy atom. The Morgan fingerprint density at radius 1 is 1.27 bits per heavy atom. The third-order valence-corrected chi connectivity index (χ3v) is 3.30. The van der Waals surface area contributed by atoms with E-state index < -0.39 is 10.0 Å². The van der Waals surface area contributed by atoms with Crippen LogP contribution in [-0.4, -0.2) is 27.8 Å². The van der Waals surface area contributed by atoms with Crippen molar-refractivity contribution in [2.75, 3.05) is 24.1 Å². The molecular weight excluding hydrogens is 212 g/mol. The molecule has 0 fully saturated rings. The first-order chi connectivity index (χ1) is 7.05. The van der Waals surface area contributed by atoms with E-state index in [4.69, 9.17) is 0 Å². The minimum atomic E-state index is -3.23. The average molecular weight is 228 g/mol. The Bertz CT molecular complexity index is 415. The van der Waals surface area contributed by atoms with Crippen molar-refractivity contribution in [1.82, 2.24) is 5.32 Å². The monoisotopic (exact) mass is 228 g/mol. The van der Waals surface area contributed by atoms with Crippen molar-refractivity contribution in [3.8, 4) is 0 Å². The maximum atomic E-state index is 11.6. The highest BCUT2D eigenvalue weighted by atomic mass is 32.2. The molecule has 0 unspecified atom stereocenters. The van der Waals surface area contributed by atoms with E-state index in [1.54, 1.807) is 13.1 Å². The van der Waals surface area contributed by atoms with Gasteiger partial charge < -0.3 is 5.32 Å². The predicted octanol–water partition coefficient (Wildman–Crippen LogP) is 0.956. The zero-order chi connectivity index (χ0) is 11.3. The maximum Gasteiger partial charge on any atom is 0.233 e. The van der Waals surface area contributed by atoms with E-state index in [0.717, 1.165) is 5.56 Å². The third kappa shape index (κ3) is 3.89. The molecule has 0 atom stereocenters. The predicted molar refractivity (Wildman–Crippen MR) is 62.5 cm³/mol. The highest BCUT2D eigenvalue weighted by Gasteiger charge is 2.10. The molecule has 0 bridgehead atoms. The van der Waals surface area contributed by atoms with Gasteiger partial charge in [0, 0.05) is 6.54 Å². The summed E-state index contributed by atoms with van der Waals surface area (Å²) in [5, 5.41) is 2.81. The van der Waals surface area contributed by atoms with Crippen molar-refractivity contribution in [2.45, 2.75) is 6.92 Å². The lowest BCUT2D eigenvalue weighted by Gasteiger charge is -2.09. The summed E-state index contributed by atoms with van der Waals surface area (Å²) in [5.41, 5.74) is 1.57. The summed E-state index contributed by atoms with van der Waals surface area (Å²) in [6.07, 6.45) is 0. The Kier molecular flexibility index (Phi) is 4.11. The molecule has 0 aliphatic heterocycles. The van der Waals surface area contributed by atoms with E-state index in [1.807, 2.05) is 25.1 Å². The van der Waals surface area contributed by atoms with E-state index in [9.17, 15) is 8.42 Å². The van der Waals surface area contributed by atoms with E-state index in [0.29, 0.717) is 12.2 Å². The zero-order valence-corrected chi connectivity index (χ0v) is 9.76. The summed E-state index contributed by atoms with van der Waals surface area (Å²) >= 11 is 0. The number of aryl methyl sites for hydroxylation is 1. The minimum Gasteiger partial charge on any atom is -0.319 e. The topological polar surface area (TPSA) is 58.2 Å². The normalized spacial score (nSPS) is 11.3. The number of sulfonamides is 1. The SMILES string of the molecule is CNCCS(=O)(=O)Nc1ccccc1C. The van der Waals surface area contributed by atoms with Gasteiger partial charge in [0.15, 0.2) is 0 Å². The van der Waals surface area contributed by atoms with Crippen molar-refractivity contribution in [3.63, 3.8) is 0 Å². The molecule has 1 aromatic carbocycles. The lowest BCUT2D eigenvalue weighted by molar-refractivity contribution is 0.598. The standard InChI is InChI=1S/C10H16N2O2S/c1-9-5-3-4-6-10(9)12-15(13,14)8-7-11-2/h3-6,11-12H,7-8H2,1-2H3. The fourth-order valence-corrected chi connectivity index (χ4v) is 2.28. The molecule has 0 saturated carbocycles. The molecule has 0 saturated heterocycles. The molecule has 15 heavy (non-hydrogen) atoms. The van der Waals surface area contributed by atoms with Crippen molar-refractivity contribution >= 4 is 15.7 Å². The summed E-state index contributed by atoms with van der Waals surface area (Å²) in [5.74, 6) is 0.0812. The Labute approximate surface area is 90.8 Å². The summed E-state index contributed by atoms with van der Waals surface area (Å²) in [7, 11) is -1.51. The summed E-state index contributed by atoms with van der Waals surface area (Å²) in [6, 6.07) is 7.31. The molecular formula is C10H16N2O2S. The quantitative estimate of drug-likeness (QED) is 0.789. The Hall–Kier alpha value is -1.07. The van der Waals surface area contributed by atoms with Gasteiger partial charge in [0.1, 0.15) is 0 Å². The van der Waals surface area contributed by atoms with E-state index >= 15 is 0 Å². The van der Waals surface area contributed by atoms with Gasteiger partial charge in [-0.3, -0.25) is 4.72 Å². The molecule has 0 spiro atoms. The van der Waals surface area contributed by atoms with Crippen LogP contribution in [0.2, 0.25) is 0 Å². The van der Waals surface area contributed by atoms with Crippen LogP contribution < -0.4 is 10.0 Å². The van der Waals surface area contributed by atoms with Crippen LogP contribution in [0.5, 0.6) is 0 Å². The largest absolute Gasteiger partial charge is 0.319 e. The average Bonchev–Trinajstić information content (AvgIpc) is 2.18. The molecule has 0 aliphatic rings. The van der Waals surface area contributed by atoms with Gasteiger partial charge in [0.2, 0.25) is 10.0 Å². The van der Waals surface area contributed by atoms with E-state index in [-0.39, 0.29) is 5.75 Å². The molecule has 84 valence electrons. The second-order valence-electron chi connectivity index (χ2n) is 3.34. The van der Waals surface area contributed by atoms with Gasteiger partial charge in [-0.25, -0.2) is 8.42 Å². The zero-order valence-electron chi connectivity index (χ0n) is 8.95. The van der Waals surface area contributed by atoms with Crippen molar-refractivity contribution < 1.29 is 8.42 Å². The first-order valence-electron chi connectivity index (χ1n) is 4.76. The number of benzene rings is 1. The minimum absolute atomic E-state index is 0.0812. The van der Waals surface area contributed by atoms with Crippen LogP contribution in [0.3, 0.4) is 0 Å². The summed E-state index contributed by atoms with van der Waals surface area (Å²) in [4.78, 5) is 0. The Morgan fingerprint density at radius 3 is 2.53 bits per heavy atom. The maximum absolute atomic E-state index is 11.6. The second kappa shape index (κ2) is 5.14. The van der Waals surface area contributed by atoms with Gasteiger partial charge in [-0.1, -0.05) is 18.2 Å². The number of rotatable bonds is 5. The van der Waals surface area contributed by atoms with Crippen LogP contribution in [0.4, 0.5) is 5.69 Å². The van der Waals surface area contributed by atoms with E-state index in [2.05, 4.69) is 10.0 Å². The number of hydrogen-bond acceptors (Lipinski definition) is 3. The van der Waals surface area contributed by atoms with Gasteiger partial charge in [-0.15, -0.1) is 0 Å². The van der Waals surface area contributed by atoms with Crippen LogP contribution in [0.1, 0.15) is 5.56 Å². The second-order valence-corrected chi connectivity index (χ2v) is 5.18. The van der Waals surface area contributed by atoms with Crippen LogP contribution >= 0.6 is 0 Å². The van der Waals surface area contributed by atoms with Crippen LogP contribution in [0.15, 0.2) is 24.3 Å². The molecule has 0 aliphatic carbocycles. The summed E-state index contributed by atoms with van der Waals surface area (Å²) in [6.45, 7) is 2.32. The third-order valence-electron chi connectivity index (χ3n) is 2.03. The molecule has 5 heteroatoms. The summed E-state index contributed by atoms with van der Waals surface area (Å²) < 4.78 is 25.7. The van der Waals surface area contributed by atoms with Crippen molar-refractivity contribution in [2.24, 2.45) is 0 Å². The van der Waals surface area contributed by atoms with Crippen molar-refractivity contribution in [1.29, 1.82) is 0 Å². The lowest BCUT2D eigenvalue weighted by atomic mass is 10.2. The molecule has 4 nitrogen and oxygen atoms in total. The van der Waals surface area contributed by atoms with Crippen molar-refractivity contribution in [3.05, 3.63) is 29.8 Å². The fourth-order valence-electron chi connectivity index (χ4n) is 1.14. The van der Waals surface area contributed by atoms with Gasteiger partial charge in [-0.05, 0) is 25.6 Å². The molecule has 0 heterocycles. The number of hydrogen-bond donors (Lipinski definition) is 2. The van der Waals surface area contributed by atoms with Gasteiger partial charge >= 0.3 is 0 Å². The number of nitrogens with one attached hydrogen (secondary N) is 2. The van der Waals surface area contributed by atoms with Gasteiger partial charge in [0.25, 0.3) is 0 Å². The molecule has 0 amide bonds. The lowest BCUT2D eigenvalue weighted by Crippen LogP contribution is -2.24. The fraction of sp³-hybridized carbons (Fsp3) is 0.400. The Balaban J connectivity index is 2.74. The highest BCUT2D eigenvalue weighted by Crippen LogP contribution is 2.14. The number of anilines is 1. The van der Waals surface area contributed by atoms with Gasteiger partial charge in [0.05, 0.1) is 11.4 Å². The highest BCUT2D eigenvalue weighted by molar-refractivity contribution is 7.92. The molecule has 1 aromatic rings. The van der Waals surface area contributed by atoms with Crippen LogP contribution in [0, 0.1) is 6.92 Å². The molecule has 0 aromatic heterocycles. The van der Waals surface area contributed by atoms with E-state index in [1.165, 1.54) is 0 Å². The van der Waals surface area contributed by atoms with Gasteiger partial charge in [-0.2, -0.15) is 0 Å². The van der Waals surface area contributed by atoms with Crippen LogP contribution in [-0.2, 0) is 10.0 Å². The molecule has 2 N–H and O–H groups in total. The molecule has 0 radical (unpaired) electrons. The molecule has 1 rings (SSSR count). The first-order valence-corrected chi connectivity index (χ1v) is 6.41. The van der Waals surface area contributed by atoms with Crippen LogP contribution in [0.25, 0.3) is 0 Å².